The first-order valence-corrected chi connectivity index (χ1v) is 12.3. The van der Waals surface area contributed by atoms with E-state index in [2.05, 4.69) is 85.1 Å². The monoisotopic (exact) mass is 451 g/mol. The summed E-state index contributed by atoms with van der Waals surface area (Å²) < 4.78 is 5.71. The zero-order valence-electron chi connectivity index (χ0n) is 16.7. The van der Waals surface area contributed by atoms with E-state index in [0.717, 1.165) is 5.69 Å². The Bertz CT molecular complexity index is 1870. The Morgan fingerprint density at radius 2 is 1.29 bits per heavy atom. The van der Waals surface area contributed by atoms with Gasteiger partial charge >= 0.3 is 0 Å². The predicted molar refractivity (Wildman–Crippen MR) is 136 cm³/mol. The van der Waals surface area contributed by atoms with Gasteiger partial charge in [-0.2, -0.15) is 0 Å². The summed E-state index contributed by atoms with van der Waals surface area (Å²) in [7, 11) is 0. The Morgan fingerprint density at radius 3 is 1.97 bits per heavy atom. The quantitative estimate of drug-likeness (QED) is 0.266. The number of anilines is 1. The molecule has 0 saturated carbocycles. The van der Waals surface area contributed by atoms with Gasteiger partial charge in [0.25, 0.3) is 0 Å². The van der Waals surface area contributed by atoms with Gasteiger partial charge < -0.3 is 4.72 Å². The summed E-state index contributed by atoms with van der Waals surface area (Å²) in [4.78, 5) is 2.68. The highest BCUT2D eigenvalue weighted by Gasteiger charge is 2.14. The maximum Gasteiger partial charge on any atom is 0.0438 e. The van der Waals surface area contributed by atoms with Gasteiger partial charge in [-0.1, -0.05) is 55.3 Å². The molecule has 0 spiro atoms. The molecule has 2 aliphatic carbocycles. The molecule has 2 aromatic heterocycles. The molecule has 0 aliphatic heterocycles. The molecule has 0 amide bonds. The van der Waals surface area contributed by atoms with Crippen LogP contribution in [0.3, 0.4) is 0 Å². The van der Waals surface area contributed by atoms with Gasteiger partial charge in [0.2, 0.25) is 0 Å². The Kier molecular flexibility index (Phi) is 3.66. The summed E-state index contributed by atoms with van der Waals surface area (Å²) >= 11 is 7.90. The molecule has 4 heteroatoms. The van der Waals surface area contributed by atoms with Crippen molar-refractivity contribution < 1.29 is 0 Å². The van der Waals surface area contributed by atoms with E-state index in [1.807, 2.05) is 34.8 Å². The number of nitrogens with one attached hydrogen (secondary N) is 1. The van der Waals surface area contributed by atoms with Gasteiger partial charge in [0.15, 0.2) is 0 Å². The molecule has 1 nitrogen and oxygen atoms in total. The topological polar surface area (TPSA) is 12.0 Å². The molecule has 5 aromatic rings. The minimum atomic E-state index is 1.00. The lowest BCUT2D eigenvalue weighted by molar-refractivity contribution is 1.54. The summed E-state index contributed by atoms with van der Waals surface area (Å²) in [6.07, 6.45) is 4.41. The zero-order valence-corrected chi connectivity index (χ0v) is 19.2. The van der Waals surface area contributed by atoms with Gasteiger partial charge in [-0.15, -0.1) is 22.7 Å². The van der Waals surface area contributed by atoms with E-state index in [0.29, 0.717) is 0 Å². The number of fused-ring (bicyclic) bond motifs is 2. The average molecular weight is 452 g/mol. The van der Waals surface area contributed by atoms with E-state index in [1.54, 1.807) is 0 Å². The van der Waals surface area contributed by atoms with E-state index in [1.165, 1.54) is 66.5 Å². The van der Waals surface area contributed by atoms with Crippen LogP contribution < -0.4 is 4.72 Å². The Labute approximate surface area is 191 Å². The number of hydrogen-bond acceptors (Lipinski definition) is 4. The van der Waals surface area contributed by atoms with Crippen LogP contribution >= 0.6 is 35.5 Å². The molecule has 0 radical (unpaired) electrons. The molecule has 0 atom stereocenters. The SMILES string of the molecule is Cc1cc2c(s1)=c1ccc3c4c(ccc=2c14)=c1cc(/C=C/c2ccc(NS)cc2)sc1=3. The minimum absolute atomic E-state index is 1.00. The first-order valence-electron chi connectivity index (χ1n) is 10.2. The number of thiol groups is 1. The second-order valence-electron chi connectivity index (χ2n) is 8.13. The van der Waals surface area contributed by atoms with Crippen molar-refractivity contribution in [3.8, 4) is 0 Å². The Hall–Kier alpha value is -2.79. The van der Waals surface area contributed by atoms with Crippen LogP contribution in [0.1, 0.15) is 15.3 Å². The van der Waals surface area contributed by atoms with Gasteiger partial charge in [-0.3, -0.25) is 0 Å². The van der Waals surface area contributed by atoms with Gasteiger partial charge in [-0.05, 0) is 64.0 Å². The number of rotatable bonds is 3. The molecule has 148 valence electrons. The molecule has 3 aromatic carbocycles. The van der Waals surface area contributed by atoms with Crippen LogP contribution in [-0.4, -0.2) is 0 Å². The number of hydrogen-bond donors (Lipinski definition) is 2. The van der Waals surface area contributed by atoms with E-state index in [-0.39, 0.29) is 0 Å². The first-order chi connectivity index (χ1) is 15.2. The van der Waals surface area contributed by atoms with Crippen LogP contribution in [0.25, 0.3) is 22.9 Å². The fourth-order valence-electron chi connectivity index (χ4n) is 4.98. The normalized spacial score (nSPS) is 12.7. The molecule has 2 aliphatic rings. The van der Waals surface area contributed by atoms with Crippen molar-refractivity contribution in [2.45, 2.75) is 6.92 Å². The first kappa shape index (κ1) is 17.8. The fourth-order valence-corrected chi connectivity index (χ4v) is 7.29. The standard InChI is InChI=1S/C27H17NS3/c1-14-12-22-18-8-9-19-23-13-17(7-4-15-2-5-16(28-29)6-3-15)31-27(23)21-11-10-20(26(22)30-14)24(18)25(19)21/h2-13,28-29H,1H3/b7-4+. The van der Waals surface area contributed by atoms with E-state index < -0.39 is 0 Å². The van der Waals surface area contributed by atoms with Crippen LogP contribution in [0, 0.1) is 47.3 Å². The summed E-state index contributed by atoms with van der Waals surface area (Å²) in [6, 6.07) is 22.3. The van der Waals surface area contributed by atoms with Crippen molar-refractivity contribution in [3.63, 3.8) is 0 Å². The van der Waals surface area contributed by atoms with E-state index in [4.69, 9.17) is 0 Å². The van der Waals surface area contributed by atoms with Crippen molar-refractivity contribution in [2.24, 2.45) is 0 Å². The smallest absolute Gasteiger partial charge is 0.0438 e. The van der Waals surface area contributed by atoms with E-state index in [9.17, 15) is 0 Å². The molecule has 7 rings (SSSR count). The highest BCUT2D eigenvalue weighted by atomic mass is 32.1. The maximum atomic E-state index is 4.09. The van der Waals surface area contributed by atoms with E-state index >= 15 is 0 Å². The molecule has 31 heavy (non-hydrogen) atoms. The fraction of sp³-hybridized carbons (Fsp3) is 0.0370. The van der Waals surface area contributed by atoms with Gasteiger partial charge in [-0.25, -0.2) is 0 Å². The lowest BCUT2D eigenvalue weighted by Gasteiger charge is -1.99. The molecular formula is C27H17NS3. The average Bonchev–Trinajstić information content (AvgIpc) is 3.51. The van der Waals surface area contributed by atoms with Gasteiger partial charge in [0.05, 0.1) is 0 Å². The minimum Gasteiger partial charge on any atom is -0.332 e. The van der Waals surface area contributed by atoms with Crippen LogP contribution in [0.2, 0.25) is 0 Å². The lowest BCUT2D eigenvalue weighted by atomic mass is 10.1. The third-order valence-electron chi connectivity index (χ3n) is 6.32. The van der Waals surface area contributed by atoms with Crippen molar-refractivity contribution in [1.82, 2.24) is 0 Å². The van der Waals surface area contributed by atoms with Crippen LogP contribution in [0.4, 0.5) is 5.69 Å². The van der Waals surface area contributed by atoms with Crippen molar-refractivity contribution in [2.75, 3.05) is 4.72 Å². The number of thiophene rings is 2. The molecule has 2 heterocycles. The maximum absolute atomic E-state index is 4.09. The van der Waals surface area contributed by atoms with Crippen LogP contribution in [-0.2, 0) is 0 Å². The highest BCUT2D eigenvalue weighted by molar-refractivity contribution is 7.81. The zero-order chi connectivity index (χ0) is 20.7. The van der Waals surface area contributed by atoms with Crippen LogP contribution in [0.15, 0.2) is 60.7 Å². The number of benzene rings is 3. The summed E-state index contributed by atoms with van der Waals surface area (Å²) in [5.41, 5.74) is 2.19. The summed E-state index contributed by atoms with van der Waals surface area (Å²) in [5.74, 6) is 0. The molecule has 0 saturated heterocycles. The Balaban J connectivity index is 1.47. The summed E-state index contributed by atoms with van der Waals surface area (Å²) in [6.45, 7) is 2.21. The molecule has 0 bridgehead atoms. The molecule has 0 fully saturated rings. The number of aryl methyl sites for hydroxylation is 1. The highest BCUT2D eigenvalue weighted by Crippen LogP contribution is 2.33. The second kappa shape index (κ2) is 6.36. The molecular weight excluding hydrogens is 435 g/mol. The Morgan fingerprint density at radius 1 is 0.677 bits per heavy atom. The van der Waals surface area contributed by atoms with Crippen LogP contribution in [0.5, 0.6) is 0 Å². The van der Waals surface area contributed by atoms with Crippen molar-refractivity contribution >= 4 is 64.1 Å². The summed E-state index contributed by atoms with van der Waals surface area (Å²) in [5, 5.41) is 11.3. The molecule has 0 unspecified atom stereocenters. The molecule has 1 N–H and O–H groups in total. The van der Waals surface area contributed by atoms with Gasteiger partial charge in [0, 0.05) is 45.4 Å². The van der Waals surface area contributed by atoms with Crippen molar-refractivity contribution in [3.05, 3.63) is 116 Å². The largest absolute Gasteiger partial charge is 0.332 e. The second-order valence-corrected chi connectivity index (χ2v) is 10.7. The third kappa shape index (κ3) is 2.44. The third-order valence-corrected chi connectivity index (χ3v) is 8.79. The predicted octanol–water partition coefficient (Wildman–Crippen LogP) is 7.47. The van der Waals surface area contributed by atoms with Crippen molar-refractivity contribution in [1.29, 1.82) is 0 Å². The van der Waals surface area contributed by atoms with Gasteiger partial charge in [0.1, 0.15) is 0 Å². The lowest BCUT2D eigenvalue weighted by Crippen LogP contribution is -1.79.